The van der Waals surface area contributed by atoms with Crippen LogP contribution in [0, 0.1) is 11.3 Å². The second-order valence-corrected chi connectivity index (χ2v) is 4.41. The molecule has 0 radical (unpaired) electrons. The predicted molar refractivity (Wildman–Crippen MR) is 70.3 cm³/mol. The van der Waals surface area contributed by atoms with Gasteiger partial charge in [0.2, 0.25) is 0 Å². The maximum absolute atomic E-state index is 11.0. The Morgan fingerprint density at radius 2 is 1.28 bits per heavy atom. The lowest BCUT2D eigenvalue weighted by molar-refractivity contribution is -0.156. The van der Waals surface area contributed by atoms with E-state index in [-0.39, 0.29) is 6.42 Å². The van der Waals surface area contributed by atoms with E-state index in [4.69, 9.17) is 10.2 Å². The van der Waals surface area contributed by atoms with Crippen molar-refractivity contribution >= 4 is 11.9 Å². The summed E-state index contributed by atoms with van der Waals surface area (Å²) in [5.41, 5.74) is -0.479. The molecule has 18 heavy (non-hydrogen) atoms. The number of carboxylic acid groups (broad SMARTS) is 2. The number of aliphatic carboxylic acids is 2. The van der Waals surface area contributed by atoms with E-state index in [2.05, 4.69) is 19.7 Å². The molecular formula is C14H20O4. The number of rotatable bonds is 10. The van der Waals surface area contributed by atoms with Crippen LogP contribution in [-0.4, -0.2) is 22.2 Å². The molecule has 0 fully saturated rings. The van der Waals surface area contributed by atoms with Crippen molar-refractivity contribution in [3.63, 3.8) is 0 Å². The molecule has 0 bridgehead atoms. The number of carbonyl (C=O) groups is 2. The molecule has 0 aromatic carbocycles. The minimum Gasteiger partial charge on any atom is -0.481 e. The quantitative estimate of drug-likeness (QED) is 0.463. The molecule has 0 atom stereocenters. The largest absolute Gasteiger partial charge is 0.481 e. The van der Waals surface area contributed by atoms with Crippen molar-refractivity contribution in [1.29, 1.82) is 0 Å². The van der Waals surface area contributed by atoms with Gasteiger partial charge in [0, 0.05) is 0 Å². The summed E-state index contributed by atoms with van der Waals surface area (Å²) in [5, 5.41) is 17.9. The second kappa shape index (κ2) is 7.48. The van der Waals surface area contributed by atoms with Gasteiger partial charge in [-0.05, 0) is 31.1 Å². The molecule has 100 valence electrons. The van der Waals surface area contributed by atoms with E-state index in [0.717, 1.165) is 0 Å². The molecule has 0 aliphatic carbocycles. The van der Waals surface area contributed by atoms with Gasteiger partial charge >= 0.3 is 11.9 Å². The lowest BCUT2D eigenvalue weighted by atomic mass is 9.71. The Hall–Kier alpha value is -1.84. The van der Waals surface area contributed by atoms with Crippen LogP contribution in [0.3, 0.4) is 0 Å². The summed E-state index contributed by atoms with van der Waals surface area (Å²) in [6.45, 7) is 10.9. The third kappa shape index (κ3) is 4.57. The predicted octanol–water partition coefficient (Wildman–Crippen LogP) is 2.88. The fourth-order valence-corrected chi connectivity index (χ4v) is 2.13. The first-order chi connectivity index (χ1) is 8.42. The molecular weight excluding hydrogens is 232 g/mol. The SMILES string of the molecule is C=CCC(CC=C)(CC=C)CC(C(=O)O)C(=O)O. The number of hydrogen-bond acceptors (Lipinski definition) is 2. The molecule has 0 saturated carbocycles. The van der Waals surface area contributed by atoms with Gasteiger partial charge in [-0.1, -0.05) is 18.2 Å². The Morgan fingerprint density at radius 1 is 0.944 bits per heavy atom. The molecule has 0 unspecified atom stereocenters. The first-order valence-electron chi connectivity index (χ1n) is 5.70. The molecule has 0 aromatic rings. The van der Waals surface area contributed by atoms with Gasteiger partial charge in [0.25, 0.3) is 0 Å². The molecule has 0 aromatic heterocycles. The zero-order valence-electron chi connectivity index (χ0n) is 10.5. The van der Waals surface area contributed by atoms with E-state index in [1.807, 2.05) is 0 Å². The smallest absolute Gasteiger partial charge is 0.317 e. The zero-order valence-corrected chi connectivity index (χ0v) is 10.5. The first-order valence-corrected chi connectivity index (χ1v) is 5.70. The highest BCUT2D eigenvalue weighted by molar-refractivity contribution is 5.92. The highest BCUT2D eigenvalue weighted by atomic mass is 16.4. The number of carboxylic acids is 2. The lowest BCUT2D eigenvalue weighted by Gasteiger charge is -2.32. The standard InChI is InChI=1S/C14H20O4/c1-4-7-14(8-5-2,9-6-3)10-11(12(15)16)13(17)18/h4-6,11H,1-3,7-10H2,(H,15,16)(H,17,18). The van der Waals surface area contributed by atoms with Gasteiger partial charge in [-0.2, -0.15) is 0 Å². The summed E-state index contributed by atoms with van der Waals surface area (Å²) in [5.74, 6) is -4.04. The monoisotopic (exact) mass is 252 g/mol. The number of allylic oxidation sites excluding steroid dienone is 3. The van der Waals surface area contributed by atoms with Gasteiger partial charge in [0.05, 0.1) is 0 Å². The lowest BCUT2D eigenvalue weighted by Crippen LogP contribution is -2.32. The average molecular weight is 252 g/mol. The highest BCUT2D eigenvalue weighted by Gasteiger charge is 2.36. The van der Waals surface area contributed by atoms with Gasteiger partial charge in [-0.25, -0.2) is 0 Å². The summed E-state index contributed by atoms with van der Waals surface area (Å²) < 4.78 is 0. The van der Waals surface area contributed by atoms with E-state index in [0.29, 0.717) is 19.3 Å². The van der Waals surface area contributed by atoms with Crippen molar-refractivity contribution in [2.45, 2.75) is 25.7 Å². The summed E-state index contributed by atoms with van der Waals surface area (Å²) in [4.78, 5) is 21.9. The molecule has 0 heterocycles. The molecule has 2 N–H and O–H groups in total. The highest BCUT2D eigenvalue weighted by Crippen LogP contribution is 2.39. The average Bonchev–Trinajstić information content (AvgIpc) is 2.26. The van der Waals surface area contributed by atoms with Crippen LogP contribution < -0.4 is 0 Å². The van der Waals surface area contributed by atoms with Crippen LogP contribution in [-0.2, 0) is 9.59 Å². The van der Waals surface area contributed by atoms with Crippen molar-refractivity contribution in [1.82, 2.24) is 0 Å². The maximum Gasteiger partial charge on any atom is 0.317 e. The molecule has 0 aliphatic rings. The summed E-state index contributed by atoms with van der Waals surface area (Å²) >= 11 is 0. The number of hydrogen-bond donors (Lipinski definition) is 2. The summed E-state index contributed by atoms with van der Waals surface area (Å²) in [6, 6.07) is 0. The van der Waals surface area contributed by atoms with Crippen molar-refractivity contribution < 1.29 is 19.8 Å². The minimum atomic E-state index is -1.41. The molecule has 0 rings (SSSR count). The Balaban J connectivity index is 5.20. The van der Waals surface area contributed by atoms with Crippen molar-refractivity contribution in [2.24, 2.45) is 11.3 Å². The van der Waals surface area contributed by atoms with Crippen molar-refractivity contribution in [3.8, 4) is 0 Å². The van der Waals surface area contributed by atoms with Crippen LogP contribution >= 0.6 is 0 Å². The molecule has 4 heteroatoms. The fraction of sp³-hybridized carbons (Fsp3) is 0.429. The van der Waals surface area contributed by atoms with Crippen molar-refractivity contribution in [2.75, 3.05) is 0 Å². The normalized spacial score (nSPS) is 10.9. The van der Waals surface area contributed by atoms with Gasteiger partial charge in [-0.15, -0.1) is 19.7 Å². The first kappa shape index (κ1) is 16.2. The topological polar surface area (TPSA) is 74.6 Å². The maximum atomic E-state index is 11.0. The van der Waals surface area contributed by atoms with Crippen LogP contribution in [0.4, 0.5) is 0 Å². The van der Waals surface area contributed by atoms with Gasteiger partial charge in [0.1, 0.15) is 0 Å². The van der Waals surface area contributed by atoms with E-state index in [1.54, 1.807) is 18.2 Å². The zero-order chi connectivity index (χ0) is 14.2. The minimum absolute atomic E-state index is 0.0434. The third-order valence-corrected chi connectivity index (χ3v) is 2.97. The van der Waals surface area contributed by atoms with Crippen LogP contribution in [0.15, 0.2) is 38.0 Å². The Morgan fingerprint density at radius 3 is 1.50 bits per heavy atom. The molecule has 0 aliphatic heterocycles. The van der Waals surface area contributed by atoms with Gasteiger partial charge in [-0.3, -0.25) is 9.59 Å². The summed E-state index contributed by atoms with van der Waals surface area (Å²) in [6.07, 6.45) is 6.66. The van der Waals surface area contributed by atoms with Gasteiger partial charge < -0.3 is 10.2 Å². The molecule has 0 amide bonds. The fourth-order valence-electron chi connectivity index (χ4n) is 2.13. The molecule has 4 nitrogen and oxygen atoms in total. The van der Waals surface area contributed by atoms with Crippen LogP contribution in [0.2, 0.25) is 0 Å². The van der Waals surface area contributed by atoms with E-state index in [1.165, 1.54) is 0 Å². The van der Waals surface area contributed by atoms with Crippen LogP contribution in [0.25, 0.3) is 0 Å². The summed E-state index contributed by atoms with van der Waals surface area (Å²) in [7, 11) is 0. The van der Waals surface area contributed by atoms with Crippen molar-refractivity contribution in [3.05, 3.63) is 38.0 Å². The van der Waals surface area contributed by atoms with Gasteiger partial charge in [0.15, 0.2) is 5.92 Å². The molecule has 0 saturated heterocycles. The second-order valence-electron chi connectivity index (χ2n) is 4.41. The Labute approximate surface area is 107 Å². The Bertz CT molecular complexity index is 303. The van der Waals surface area contributed by atoms with E-state index in [9.17, 15) is 9.59 Å². The van der Waals surface area contributed by atoms with Crippen LogP contribution in [0.1, 0.15) is 25.7 Å². The Kier molecular flexibility index (Phi) is 6.71. The van der Waals surface area contributed by atoms with Crippen LogP contribution in [0.5, 0.6) is 0 Å². The third-order valence-electron chi connectivity index (χ3n) is 2.97. The van der Waals surface area contributed by atoms with E-state index < -0.39 is 23.3 Å². The van der Waals surface area contributed by atoms with E-state index >= 15 is 0 Å². The molecule has 0 spiro atoms.